The van der Waals surface area contributed by atoms with Crippen LogP contribution in [0, 0.1) is 0 Å². The van der Waals surface area contributed by atoms with Crippen LogP contribution in [0.15, 0.2) is 183 Å². The van der Waals surface area contributed by atoms with Gasteiger partial charge in [0.05, 0.1) is 22.4 Å². The number of hydrogen-bond donors (Lipinski definition) is 0. The highest BCUT2D eigenvalue weighted by Crippen LogP contribution is 2.59. The predicted octanol–water partition coefficient (Wildman–Crippen LogP) is 13.5. The summed E-state index contributed by atoms with van der Waals surface area (Å²) < 4.78 is 2.44. The second-order valence-corrected chi connectivity index (χ2v) is 16.7. The second-order valence-electron chi connectivity index (χ2n) is 14.6. The number of para-hydroxylation sites is 1. The third kappa shape index (κ3) is 4.85. The van der Waals surface area contributed by atoms with Crippen LogP contribution in [-0.2, 0) is 5.41 Å². The average molecular weight is 728 g/mol. The van der Waals surface area contributed by atoms with Gasteiger partial charge < -0.3 is 4.57 Å². The fourth-order valence-electron chi connectivity index (χ4n) is 8.45. The van der Waals surface area contributed by atoms with E-state index in [0.717, 1.165) is 39.6 Å². The summed E-state index contributed by atoms with van der Waals surface area (Å²) in [6.07, 6.45) is 0. The fraction of sp³-hybridized carbons (Fsp3) is 0.0612. The van der Waals surface area contributed by atoms with Gasteiger partial charge in [-0.15, -0.1) is 0 Å². The minimum Gasteiger partial charge on any atom is -0.309 e. The highest BCUT2D eigenvalue weighted by Gasteiger charge is 2.40. The van der Waals surface area contributed by atoms with Crippen LogP contribution in [0.25, 0.3) is 72.5 Å². The molecule has 3 heterocycles. The molecule has 0 amide bonds. The van der Waals surface area contributed by atoms with Gasteiger partial charge in [-0.05, 0) is 76.9 Å². The van der Waals surface area contributed by atoms with Gasteiger partial charge in [0.2, 0.25) is 0 Å². The molecular formula is C49H33N3S2. The molecular weight excluding hydrogens is 695 g/mol. The maximum atomic E-state index is 5.09. The smallest absolute Gasteiger partial charge is 0.160 e. The zero-order valence-corrected chi connectivity index (χ0v) is 31.4. The molecule has 0 saturated carbocycles. The van der Waals surface area contributed by atoms with Crippen LogP contribution >= 0.6 is 23.5 Å². The standard InChI is InChI=1S/C49H33N3S2/c1-49(2)38-28-42-37(27-36(38)35-25-26-45-47(46(35)49)54-44-20-12-11-19-43(44)53-45)34-17-9-10-18-41(34)52(42)33-23-21-31(22-24-33)40-29-39(30-13-5-3-6-14-30)50-48(51-40)32-15-7-4-8-16-32/h3-29H,1-2H3. The quantitative estimate of drug-likeness (QED) is 0.181. The summed E-state index contributed by atoms with van der Waals surface area (Å²) >= 11 is 3.83. The first kappa shape index (κ1) is 31.6. The zero-order chi connectivity index (χ0) is 36.0. The lowest BCUT2D eigenvalue weighted by atomic mass is 9.82. The van der Waals surface area contributed by atoms with E-state index in [9.17, 15) is 0 Å². The molecule has 2 aromatic heterocycles. The van der Waals surface area contributed by atoms with Crippen molar-refractivity contribution in [2.24, 2.45) is 0 Å². The van der Waals surface area contributed by atoms with Crippen molar-refractivity contribution < 1.29 is 0 Å². The largest absolute Gasteiger partial charge is 0.309 e. The van der Waals surface area contributed by atoms with Crippen LogP contribution in [0.4, 0.5) is 0 Å². The second kappa shape index (κ2) is 12.1. The molecule has 11 rings (SSSR count). The van der Waals surface area contributed by atoms with Crippen molar-refractivity contribution in [1.82, 2.24) is 14.5 Å². The summed E-state index contributed by atoms with van der Waals surface area (Å²) in [5, 5.41) is 2.54. The van der Waals surface area contributed by atoms with Crippen LogP contribution in [0.3, 0.4) is 0 Å². The van der Waals surface area contributed by atoms with Gasteiger partial charge in [-0.2, -0.15) is 0 Å². The van der Waals surface area contributed by atoms with Crippen LogP contribution < -0.4 is 0 Å². The maximum absolute atomic E-state index is 5.09. The van der Waals surface area contributed by atoms with Crippen LogP contribution in [0.5, 0.6) is 0 Å². The number of nitrogens with zero attached hydrogens (tertiary/aromatic N) is 3. The Morgan fingerprint density at radius 1 is 0.481 bits per heavy atom. The molecule has 0 spiro atoms. The van der Waals surface area contributed by atoms with E-state index in [1.807, 2.05) is 47.8 Å². The summed E-state index contributed by atoms with van der Waals surface area (Å²) in [6.45, 7) is 4.82. The lowest BCUT2D eigenvalue weighted by Gasteiger charge is -2.28. The molecule has 0 N–H and O–H groups in total. The maximum Gasteiger partial charge on any atom is 0.160 e. The molecule has 54 heavy (non-hydrogen) atoms. The lowest BCUT2D eigenvalue weighted by molar-refractivity contribution is 0.643. The molecule has 256 valence electrons. The average Bonchev–Trinajstić information content (AvgIpc) is 3.67. The summed E-state index contributed by atoms with van der Waals surface area (Å²) in [5.41, 5.74) is 13.9. The summed E-state index contributed by atoms with van der Waals surface area (Å²) in [7, 11) is 0. The highest BCUT2D eigenvalue weighted by molar-refractivity contribution is 8.05. The monoisotopic (exact) mass is 727 g/mol. The first-order chi connectivity index (χ1) is 26.5. The van der Waals surface area contributed by atoms with Crippen molar-refractivity contribution in [3.63, 3.8) is 0 Å². The highest BCUT2D eigenvalue weighted by atomic mass is 32.2. The van der Waals surface area contributed by atoms with Gasteiger partial charge in [0.15, 0.2) is 5.82 Å². The van der Waals surface area contributed by atoms with Crippen molar-refractivity contribution in [2.45, 2.75) is 38.8 Å². The molecule has 7 aromatic carbocycles. The summed E-state index contributed by atoms with van der Waals surface area (Å²) in [5.74, 6) is 0.721. The molecule has 0 fully saturated rings. The Bertz CT molecular complexity index is 2890. The van der Waals surface area contributed by atoms with E-state index in [1.165, 1.54) is 63.6 Å². The summed E-state index contributed by atoms with van der Waals surface area (Å²) in [6, 6.07) is 58.8. The van der Waals surface area contributed by atoms with Gasteiger partial charge in [0.1, 0.15) is 0 Å². The van der Waals surface area contributed by atoms with Crippen molar-refractivity contribution >= 4 is 45.3 Å². The molecule has 0 saturated heterocycles. The molecule has 9 aromatic rings. The van der Waals surface area contributed by atoms with Gasteiger partial charge in [0.25, 0.3) is 0 Å². The predicted molar refractivity (Wildman–Crippen MR) is 225 cm³/mol. The minimum atomic E-state index is -0.158. The molecule has 0 atom stereocenters. The molecule has 2 aliphatic rings. The Hall–Kier alpha value is -5.88. The van der Waals surface area contributed by atoms with Gasteiger partial charge in [0, 0.05) is 58.1 Å². The third-order valence-corrected chi connectivity index (χ3v) is 13.7. The summed E-state index contributed by atoms with van der Waals surface area (Å²) in [4.78, 5) is 15.5. The number of rotatable bonds is 4. The number of aromatic nitrogens is 3. The van der Waals surface area contributed by atoms with E-state index in [4.69, 9.17) is 9.97 Å². The van der Waals surface area contributed by atoms with Gasteiger partial charge >= 0.3 is 0 Å². The molecule has 0 unspecified atom stereocenters. The molecule has 1 aliphatic heterocycles. The first-order valence-corrected chi connectivity index (χ1v) is 20.0. The molecule has 0 bridgehead atoms. The van der Waals surface area contributed by atoms with Crippen LogP contribution in [-0.4, -0.2) is 14.5 Å². The van der Waals surface area contributed by atoms with Crippen molar-refractivity contribution in [2.75, 3.05) is 0 Å². The van der Waals surface area contributed by atoms with Gasteiger partial charge in [-0.1, -0.05) is 147 Å². The number of hydrogen-bond acceptors (Lipinski definition) is 4. The number of benzene rings is 7. The number of fused-ring (bicyclic) bond motifs is 9. The first-order valence-electron chi connectivity index (χ1n) is 18.3. The Labute approximate surface area is 322 Å². The van der Waals surface area contributed by atoms with Crippen LogP contribution in [0.2, 0.25) is 0 Å². The Morgan fingerprint density at radius 3 is 1.85 bits per heavy atom. The molecule has 0 radical (unpaired) electrons. The van der Waals surface area contributed by atoms with E-state index >= 15 is 0 Å². The lowest BCUT2D eigenvalue weighted by Crippen LogP contribution is -2.17. The van der Waals surface area contributed by atoms with Gasteiger partial charge in [-0.3, -0.25) is 0 Å². The van der Waals surface area contributed by atoms with Gasteiger partial charge in [-0.25, -0.2) is 9.97 Å². The van der Waals surface area contributed by atoms with E-state index < -0.39 is 0 Å². The van der Waals surface area contributed by atoms with Crippen molar-refractivity contribution in [3.05, 3.63) is 175 Å². The van der Waals surface area contributed by atoms with Crippen molar-refractivity contribution in [1.29, 1.82) is 0 Å². The topological polar surface area (TPSA) is 30.7 Å². The zero-order valence-electron chi connectivity index (χ0n) is 29.7. The normalized spacial score (nSPS) is 13.7. The van der Waals surface area contributed by atoms with Crippen LogP contribution in [0.1, 0.15) is 25.0 Å². The van der Waals surface area contributed by atoms with E-state index in [0.29, 0.717) is 0 Å². The Morgan fingerprint density at radius 2 is 1.11 bits per heavy atom. The van der Waals surface area contributed by atoms with E-state index in [1.54, 1.807) is 0 Å². The molecule has 3 nitrogen and oxygen atoms in total. The van der Waals surface area contributed by atoms with E-state index in [2.05, 4.69) is 158 Å². The Balaban J connectivity index is 1.04. The Kier molecular flexibility index (Phi) is 7.07. The SMILES string of the molecule is CC1(C)c2cc3c(cc2-c2ccc4c(c21)Sc1ccccc1S4)c1ccccc1n3-c1ccc(-c2cc(-c3ccccc3)nc(-c3ccccc3)n2)cc1. The van der Waals surface area contributed by atoms with Crippen molar-refractivity contribution in [3.8, 4) is 50.7 Å². The molecule has 5 heteroatoms. The van der Waals surface area contributed by atoms with E-state index in [-0.39, 0.29) is 5.41 Å². The fourth-order valence-corrected chi connectivity index (χ4v) is 11.0. The third-order valence-electron chi connectivity index (χ3n) is 11.1. The molecule has 1 aliphatic carbocycles. The minimum absolute atomic E-state index is 0.158.